The molecular formula is C19H14F3N3O2. The van der Waals surface area contributed by atoms with E-state index in [1.165, 1.54) is 11.8 Å². The molecule has 0 N–H and O–H groups in total. The average Bonchev–Trinajstić information content (AvgIpc) is 3.13. The molecule has 0 saturated heterocycles. The topological polar surface area (TPSA) is 48.6 Å². The molecule has 27 heavy (non-hydrogen) atoms. The van der Waals surface area contributed by atoms with E-state index >= 15 is 0 Å². The molecular weight excluding hydrogens is 359 g/mol. The SMILES string of the molecule is COc1cccc(-n2nc(C(F)(F)F)cc2-c2ccc3c(c2)N=CCO3)c1. The summed E-state index contributed by atoms with van der Waals surface area (Å²) >= 11 is 0. The maximum atomic E-state index is 13.3. The minimum Gasteiger partial charge on any atom is -0.497 e. The second-order valence-corrected chi connectivity index (χ2v) is 5.83. The summed E-state index contributed by atoms with van der Waals surface area (Å²) in [4.78, 5) is 4.24. The Balaban J connectivity index is 1.89. The number of rotatable bonds is 3. The minimum absolute atomic E-state index is 0.291. The molecule has 2 heterocycles. The Labute approximate surface area is 152 Å². The summed E-state index contributed by atoms with van der Waals surface area (Å²) in [7, 11) is 1.49. The maximum absolute atomic E-state index is 13.3. The van der Waals surface area contributed by atoms with Crippen molar-refractivity contribution < 1.29 is 22.6 Å². The molecule has 4 rings (SSSR count). The molecule has 0 aliphatic carbocycles. The van der Waals surface area contributed by atoms with Crippen molar-refractivity contribution in [3.8, 4) is 28.4 Å². The summed E-state index contributed by atoms with van der Waals surface area (Å²) in [6.45, 7) is 0.367. The maximum Gasteiger partial charge on any atom is 0.435 e. The van der Waals surface area contributed by atoms with Crippen molar-refractivity contribution in [3.05, 3.63) is 54.2 Å². The number of hydrogen-bond acceptors (Lipinski definition) is 4. The first-order valence-corrected chi connectivity index (χ1v) is 8.07. The molecule has 0 unspecified atom stereocenters. The van der Waals surface area contributed by atoms with E-state index in [-0.39, 0.29) is 0 Å². The zero-order chi connectivity index (χ0) is 19.0. The quantitative estimate of drug-likeness (QED) is 0.671. The molecule has 3 aromatic rings. The summed E-state index contributed by atoms with van der Waals surface area (Å²) in [5.41, 5.74) is 0.877. The van der Waals surface area contributed by atoms with Crippen LogP contribution in [0.15, 0.2) is 53.5 Å². The van der Waals surface area contributed by atoms with Gasteiger partial charge in [0, 0.05) is 17.8 Å². The van der Waals surface area contributed by atoms with Gasteiger partial charge in [-0.3, -0.25) is 4.99 Å². The second-order valence-electron chi connectivity index (χ2n) is 5.83. The molecule has 138 valence electrons. The third-order valence-corrected chi connectivity index (χ3v) is 4.10. The Morgan fingerprint density at radius 3 is 2.74 bits per heavy atom. The van der Waals surface area contributed by atoms with E-state index in [9.17, 15) is 13.2 Å². The molecule has 8 heteroatoms. The Hall–Kier alpha value is -3.29. The van der Waals surface area contributed by atoms with Crippen LogP contribution in [0.2, 0.25) is 0 Å². The predicted octanol–water partition coefficient (Wildman–Crippen LogP) is 4.66. The fourth-order valence-electron chi connectivity index (χ4n) is 2.83. The lowest BCUT2D eigenvalue weighted by Crippen LogP contribution is -2.07. The zero-order valence-corrected chi connectivity index (χ0v) is 14.2. The second kappa shape index (κ2) is 6.46. The van der Waals surface area contributed by atoms with Crippen LogP contribution in [0.5, 0.6) is 11.5 Å². The van der Waals surface area contributed by atoms with E-state index in [1.807, 2.05) is 0 Å². The zero-order valence-electron chi connectivity index (χ0n) is 14.2. The summed E-state index contributed by atoms with van der Waals surface area (Å²) < 4.78 is 51.7. The Bertz CT molecular complexity index is 1030. The lowest BCUT2D eigenvalue weighted by molar-refractivity contribution is -0.141. The first-order valence-electron chi connectivity index (χ1n) is 8.07. The van der Waals surface area contributed by atoms with Gasteiger partial charge in [-0.2, -0.15) is 18.3 Å². The van der Waals surface area contributed by atoms with Gasteiger partial charge in [-0.25, -0.2) is 4.68 Å². The molecule has 0 atom stereocenters. The van der Waals surface area contributed by atoms with Gasteiger partial charge in [0.25, 0.3) is 0 Å². The van der Waals surface area contributed by atoms with Crippen molar-refractivity contribution in [2.45, 2.75) is 6.18 Å². The smallest absolute Gasteiger partial charge is 0.435 e. The van der Waals surface area contributed by atoms with E-state index < -0.39 is 11.9 Å². The van der Waals surface area contributed by atoms with Crippen molar-refractivity contribution in [3.63, 3.8) is 0 Å². The Morgan fingerprint density at radius 2 is 1.96 bits per heavy atom. The number of fused-ring (bicyclic) bond motifs is 1. The Kier molecular flexibility index (Phi) is 4.10. The largest absolute Gasteiger partial charge is 0.497 e. The van der Waals surface area contributed by atoms with Crippen LogP contribution in [0, 0.1) is 0 Å². The van der Waals surface area contributed by atoms with Crippen LogP contribution >= 0.6 is 0 Å². The third-order valence-electron chi connectivity index (χ3n) is 4.10. The molecule has 2 aromatic carbocycles. The van der Waals surface area contributed by atoms with Crippen molar-refractivity contribution >= 4 is 11.9 Å². The minimum atomic E-state index is -4.56. The van der Waals surface area contributed by atoms with Crippen LogP contribution in [0.25, 0.3) is 16.9 Å². The Morgan fingerprint density at radius 1 is 1.11 bits per heavy atom. The van der Waals surface area contributed by atoms with Crippen LogP contribution in [0.3, 0.4) is 0 Å². The molecule has 0 amide bonds. The normalized spacial score (nSPS) is 13.2. The van der Waals surface area contributed by atoms with Gasteiger partial charge in [-0.05, 0) is 36.4 Å². The predicted molar refractivity (Wildman–Crippen MR) is 94.2 cm³/mol. The van der Waals surface area contributed by atoms with E-state index in [1.54, 1.807) is 48.7 Å². The van der Waals surface area contributed by atoms with Gasteiger partial charge in [-0.1, -0.05) is 6.07 Å². The van der Waals surface area contributed by atoms with Gasteiger partial charge in [0.05, 0.1) is 18.5 Å². The molecule has 0 bridgehead atoms. The number of benzene rings is 2. The van der Waals surface area contributed by atoms with Crippen molar-refractivity contribution in [2.75, 3.05) is 13.7 Å². The van der Waals surface area contributed by atoms with Gasteiger partial charge in [0.15, 0.2) is 5.69 Å². The standard InChI is InChI=1S/C19H14F3N3O2/c1-26-14-4-2-3-13(10-14)25-16(11-18(24-25)19(20,21)22)12-5-6-17-15(9-12)23-7-8-27-17/h2-7,9-11H,8H2,1H3. The van der Waals surface area contributed by atoms with Crippen LogP contribution in [-0.2, 0) is 6.18 Å². The van der Waals surface area contributed by atoms with Gasteiger partial charge in [0.2, 0.25) is 0 Å². The highest BCUT2D eigenvalue weighted by atomic mass is 19.4. The lowest BCUT2D eigenvalue weighted by Gasteiger charge is -2.13. The van der Waals surface area contributed by atoms with E-state index in [0.29, 0.717) is 40.7 Å². The lowest BCUT2D eigenvalue weighted by atomic mass is 10.1. The van der Waals surface area contributed by atoms with Crippen LogP contribution in [0.4, 0.5) is 18.9 Å². The first kappa shape index (κ1) is 17.1. The molecule has 1 aliphatic rings. The fraction of sp³-hybridized carbons (Fsp3) is 0.158. The first-order chi connectivity index (χ1) is 13.0. The molecule has 0 spiro atoms. The number of alkyl halides is 3. The fourth-order valence-corrected chi connectivity index (χ4v) is 2.83. The number of ether oxygens (including phenoxy) is 2. The van der Waals surface area contributed by atoms with Gasteiger partial charge in [-0.15, -0.1) is 0 Å². The van der Waals surface area contributed by atoms with Crippen LogP contribution < -0.4 is 9.47 Å². The number of aliphatic imine (C=N–C) groups is 1. The average molecular weight is 373 g/mol. The van der Waals surface area contributed by atoms with Gasteiger partial charge >= 0.3 is 6.18 Å². The molecule has 1 aromatic heterocycles. The highest BCUT2D eigenvalue weighted by Gasteiger charge is 2.35. The number of hydrogen-bond donors (Lipinski definition) is 0. The monoisotopic (exact) mass is 373 g/mol. The van der Waals surface area contributed by atoms with Crippen LogP contribution in [-0.4, -0.2) is 29.7 Å². The molecule has 0 fully saturated rings. The van der Waals surface area contributed by atoms with Crippen LogP contribution in [0.1, 0.15) is 5.69 Å². The molecule has 1 aliphatic heterocycles. The summed E-state index contributed by atoms with van der Waals surface area (Å²) in [6, 6.07) is 12.8. The van der Waals surface area contributed by atoms with Gasteiger partial charge in [0.1, 0.15) is 23.8 Å². The summed E-state index contributed by atoms with van der Waals surface area (Å²) in [6.07, 6.45) is -2.96. The summed E-state index contributed by atoms with van der Waals surface area (Å²) in [5, 5.41) is 3.78. The number of nitrogens with zero attached hydrogens (tertiary/aromatic N) is 3. The summed E-state index contributed by atoms with van der Waals surface area (Å²) in [5.74, 6) is 1.11. The van der Waals surface area contributed by atoms with E-state index in [2.05, 4.69) is 10.1 Å². The molecule has 0 radical (unpaired) electrons. The third kappa shape index (κ3) is 3.25. The van der Waals surface area contributed by atoms with Gasteiger partial charge < -0.3 is 9.47 Å². The van der Waals surface area contributed by atoms with Crippen molar-refractivity contribution in [1.29, 1.82) is 0 Å². The van der Waals surface area contributed by atoms with E-state index in [4.69, 9.17) is 9.47 Å². The van der Waals surface area contributed by atoms with Crippen molar-refractivity contribution in [2.24, 2.45) is 4.99 Å². The molecule has 5 nitrogen and oxygen atoms in total. The number of aromatic nitrogens is 2. The molecule has 0 saturated carbocycles. The highest BCUT2D eigenvalue weighted by Crippen LogP contribution is 2.37. The van der Waals surface area contributed by atoms with E-state index in [0.717, 1.165) is 6.07 Å². The number of halogens is 3. The van der Waals surface area contributed by atoms with Crippen molar-refractivity contribution in [1.82, 2.24) is 9.78 Å². The highest BCUT2D eigenvalue weighted by molar-refractivity contribution is 5.76. The number of methoxy groups -OCH3 is 1.